The first kappa shape index (κ1) is 23.6. The Morgan fingerprint density at radius 3 is 2.17 bits per heavy atom. The fourth-order valence-corrected chi connectivity index (χ4v) is 6.77. The second kappa shape index (κ2) is 10.9. The van der Waals surface area contributed by atoms with E-state index >= 15 is 0 Å². The first-order valence-electron chi connectivity index (χ1n) is 10.3. The first-order valence-corrected chi connectivity index (χ1v) is 13.2. The predicted molar refractivity (Wildman–Crippen MR) is 125 cm³/mol. The average molecular weight is 426 g/mol. The molecule has 30 heavy (non-hydrogen) atoms. The number of ether oxygens (including phenoxy) is 1. The molecule has 0 atom stereocenters. The summed E-state index contributed by atoms with van der Waals surface area (Å²) in [5.74, 6) is -0.301. The van der Waals surface area contributed by atoms with Gasteiger partial charge in [0.1, 0.15) is 0 Å². The Balaban J connectivity index is 2.03. The molecule has 2 aromatic carbocycles. The molecule has 0 aromatic heterocycles. The zero-order valence-corrected chi connectivity index (χ0v) is 19.2. The summed E-state index contributed by atoms with van der Waals surface area (Å²) < 4.78 is 5.48. The van der Waals surface area contributed by atoms with Crippen molar-refractivity contribution in [2.45, 2.75) is 34.3 Å². The van der Waals surface area contributed by atoms with E-state index in [4.69, 9.17) is 10.00 Å². The van der Waals surface area contributed by atoms with Crippen molar-refractivity contribution in [3.05, 3.63) is 64.7 Å². The van der Waals surface area contributed by atoms with Crippen LogP contribution in [0.15, 0.2) is 42.5 Å². The number of nitrogens with zero attached hydrogens (tertiary/aromatic N) is 1. The molecule has 0 aliphatic rings. The fourth-order valence-electron chi connectivity index (χ4n) is 3.66. The summed E-state index contributed by atoms with van der Waals surface area (Å²) in [4.78, 5) is 25.4. The molecule has 0 radical (unpaired) electrons. The number of carbonyl (C=O) groups is 2. The minimum absolute atomic E-state index is 0.0721. The molecule has 0 unspecified atom stereocenters. The van der Waals surface area contributed by atoms with Gasteiger partial charge in [0.25, 0.3) is 0 Å². The molecule has 1 N–H and O–H groups in total. The molecule has 0 heterocycles. The Kier molecular flexibility index (Phi) is 8.57. The molecule has 1 amide bonds. The van der Waals surface area contributed by atoms with Crippen molar-refractivity contribution < 1.29 is 14.3 Å². The molecule has 0 bridgehead atoms. The molecule has 6 heteroatoms. The molecule has 160 valence electrons. The third-order valence-electron chi connectivity index (χ3n) is 5.72. The van der Waals surface area contributed by atoms with Crippen LogP contribution in [0.3, 0.4) is 0 Å². The van der Waals surface area contributed by atoms with Gasteiger partial charge in [0.2, 0.25) is 0 Å². The van der Waals surface area contributed by atoms with Crippen LogP contribution in [0, 0.1) is 25.2 Å². The number of amides is 1. The summed E-state index contributed by atoms with van der Waals surface area (Å²) in [7, 11) is -2.15. The van der Waals surface area contributed by atoms with Crippen LogP contribution >= 0.6 is 7.26 Å². The molecule has 2 rings (SSSR count). The van der Waals surface area contributed by atoms with Gasteiger partial charge in [-0.1, -0.05) is 0 Å². The normalized spacial score (nSPS) is 11.4. The van der Waals surface area contributed by atoms with Gasteiger partial charge < -0.3 is 0 Å². The van der Waals surface area contributed by atoms with Crippen molar-refractivity contribution in [2.75, 3.05) is 30.0 Å². The monoisotopic (exact) mass is 426 g/mol. The van der Waals surface area contributed by atoms with Crippen LogP contribution in [-0.4, -0.2) is 36.5 Å². The Hall–Kier alpha value is -2.70. The zero-order valence-electron chi connectivity index (χ0n) is 18.2. The number of hydrogen-bond donors (Lipinski definition) is 1. The molecule has 0 spiro atoms. The third kappa shape index (κ3) is 6.40. The van der Waals surface area contributed by atoms with Gasteiger partial charge in [-0.05, 0) is 0 Å². The van der Waals surface area contributed by atoms with Crippen molar-refractivity contribution in [1.82, 2.24) is 0 Å². The van der Waals surface area contributed by atoms with Crippen molar-refractivity contribution in [3.63, 3.8) is 0 Å². The molecular weight excluding hydrogens is 395 g/mol. The molecule has 0 aliphatic carbocycles. The molecular formula is C24H31N2O3P. The summed E-state index contributed by atoms with van der Waals surface area (Å²) in [5.41, 5.74) is 4.01. The zero-order chi connectivity index (χ0) is 22.1. The number of anilines is 1. The van der Waals surface area contributed by atoms with Gasteiger partial charge in [-0.25, -0.2) is 0 Å². The SMILES string of the molecule is CC[PH](CC)(CC(=O)Nc1c(C)cc(C#N)cc1C)CC(=O)OCc1ccccc1. The molecule has 0 saturated carbocycles. The van der Waals surface area contributed by atoms with Gasteiger partial charge in [0.05, 0.1) is 0 Å². The fraction of sp³-hybridized carbons (Fsp3) is 0.375. The maximum atomic E-state index is 12.9. The van der Waals surface area contributed by atoms with Gasteiger partial charge in [0.15, 0.2) is 0 Å². The molecule has 5 nitrogen and oxygen atoms in total. The number of carbonyl (C=O) groups excluding carboxylic acids is 2. The number of hydrogen-bond acceptors (Lipinski definition) is 4. The van der Waals surface area contributed by atoms with E-state index in [9.17, 15) is 9.59 Å². The first-order chi connectivity index (χ1) is 14.3. The van der Waals surface area contributed by atoms with Crippen molar-refractivity contribution in [1.29, 1.82) is 5.26 Å². The Morgan fingerprint density at radius 1 is 1.03 bits per heavy atom. The van der Waals surface area contributed by atoms with E-state index in [1.165, 1.54) is 0 Å². The van der Waals surface area contributed by atoms with Crippen LogP contribution in [0.5, 0.6) is 0 Å². The molecule has 0 fully saturated rings. The number of esters is 1. The van der Waals surface area contributed by atoms with Gasteiger partial charge >= 0.3 is 179 Å². The van der Waals surface area contributed by atoms with Crippen LogP contribution in [0.4, 0.5) is 5.69 Å². The summed E-state index contributed by atoms with van der Waals surface area (Å²) in [6.07, 6.45) is 2.39. The number of rotatable bonds is 9. The van der Waals surface area contributed by atoms with Crippen molar-refractivity contribution in [3.8, 4) is 6.07 Å². The Morgan fingerprint density at radius 2 is 1.63 bits per heavy atom. The van der Waals surface area contributed by atoms with Crippen LogP contribution in [0.25, 0.3) is 0 Å². The standard InChI is InChI=1S/C24H31N2O3P/c1-5-30(6-2,17-23(28)29-15-20-10-8-7-9-11-20)16-22(27)26-24-18(3)12-21(14-25)13-19(24)4/h7-13,30H,5-6,15-17H2,1-4H3,(H,26,27). The van der Waals surface area contributed by atoms with E-state index in [1.54, 1.807) is 12.1 Å². The van der Waals surface area contributed by atoms with Crippen molar-refractivity contribution >= 4 is 24.8 Å². The Labute approximate surface area is 179 Å². The van der Waals surface area contributed by atoms with Gasteiger partial charge in [-0.3, -0.25) is 0 Å². The quantitative estimate of drug-likeness (QED) is 0.468. The summed E-state index contributed by atoms with van der Waals surface area (Å²) >= 11 is 0. The number of nitrogens with one attached hydrogen (secondary N) is 1. The Bertz CT molecular complexity index is 908. The van der Waals surface area contributed by atoms with Crippen LogP contribution in [0.1, 0.15) is 36.1 Å². The topological polar surface area (TPSA) is 79.2 Å². The van der Waals surface area contributed by atoms with Crippen LogP contribution in [-0.2, 0) is 20.9 Å². The number of aryl methyl sites for hydroxylation is 2. The molecule has 2 aromatic rings. The minimum atomic E-state index is -2.15. The third-order valence-corrected chi connectivity index (χ3v) is 10.8. The van der Waals surface area contributed by atoms with E-state index in [0.29, 0.717) is 17.9 Å². The van der Waals surface area contributed by atoms with E-state index in [2.05, 4.69) is 25.2 Å². The van der Waals surface area contributed by atoms with Crippen LogP contribution < -0.4 is 5.32 Å². The molecule has 0 aliphatic heterocycles. The van der Waals surface area contributed by atoms with Gasteiger partial charge in [-0.15, -0.1) is 0 Å². The second-order valence-electron chi connectivity index (χ2n) is 7.85. The van der Waals surface area contributed by atoms with E-state index in [-0.39, 0.29) is 18.5 Å². The average Bonchev–Trinajstić information content (AvgIpc) is 2.74. The maximum absolute atomic E-state index is 12.9. The summed E-state index contributed by atoms with van der Waals surface area (Å²) in [6.45, 7) is 8.15. The van der Waals surface area contributed by atoms with E-state index in [0.717, 1.165) is 34.7 Å². The van der Waals surface area contributed by atoms with E-state index in [1.807, 2.05) is 44.2 Å². The predicted octanol–water partition coefficient (Wildman–Crippen LogP) is 4.65. The number of nitriles is 1. The summed E-state index contributed by atoms with van der Waals surface area (Å²) in [5, 5.41) is 12.1. The van der Waals surface area contributed by atoms with Gasteiger partial charge in [-0.2, -0.15) is 0 Å². The molecule has 0 saturated heterocycles. The number of benzene rings is 2. The van der Waals surface area contributed by atoms with Crippen LogP contribution in [0.2, 0.25) is 0 Å². The summed E-state index contributed by atoms with van der Waals surface area (Å²) in [6, 6.07) is 15.3. The van der Waals surface area contributed by atoms with E-state index < -0.39 is 7.26 Å². The second-order valence-corrected chi connectivity index (χ2v) is 13.0. The van der Waals surface area contributed by atoms with Gasteiger partial charge in [0, 0.05) is 0 Å². The van der Waals surface area contributed by atoms with Crippen molar-refractivity contribution in [2.24, 2.45) is 0 Å².